The van der Waals surface area contributed by atoms with Gasteiger partial charge in [-0.05, 0) is 12.6 Å². The van der Waals surface area contributed by atoms with Crippen LogP contribution in [0.1, 0.15) is 18.4 Å². The Kier molecular flexibility index (Phi) is 6.02. The molecular formula is C14H20N2O3. The van der Waals surface area contributed by atoms with Crippen LogP contribution in [0, 0.1) is 5.92 Å². The van der Waals surface area contributed by atoms with Crippen LogP contribution in [0.25, 0.3) is 0 Å². The van der Waals surface area contributed by atoms with E-state index < -0.39 is 11.9 Å². The number of hydrogen-bond acceptors (Lipinski definition) is 3. The van der Waals surface area contributed by atoms with E-state index in [0.29, 0.717) is 12.1 Å². The topological polar surface area (TPSA) is 78.4 Å². The maximum atomic E-state index is 11.7. The van der Waals surface area contributed by atoms with Crippen LogP contribution < -0.4 is 10.6 Å². The van der Waals surface area contributed by atoms with Crippen LogP contribution in [-0.4, -0.2) is 37.1 Å². The second-order valence-electron chi connectivity index (χ2n) is 4.51. The van der Waals surface area contributed by atoms with Gasteiger partial charge in [0.25, 0.3) is 0 Å². The molecule has 1 rings (SSSR count). The molecule has 5 heteroatoms. The van der Waals surface area contributed by atoms with E-state index in [-0.39, 0.29) is 18.4 Å². The number of nitrogens with one attached hydrogen (secondary N) is 2. The van der Waals surface area contributed by atoms with Gasteiger partial charge in [0.05, 0.1) is 5.92 Å². The molecule has 5 nitrogen and oxygen atoms in total. The van der Waals surface area contributed by atoms with Gasteiger partial charge < -0.3 is 15.7 Å². The molecule has 0 fully saturated rings. The van der Waals surface area contributed by atoms with Crippen LogP contribution in [0.4, 0.5) is 0 Å². The average molecular weight is 264 g/mol. The van der Waals surface area contributed by atoms with Gasteiger partial charge in [0, 0.05) is 19.0 Å². The number of carboxylic acids is 1. The number of carbonyl (C=O) groups excluding carboxylic acids is 1. The van der Waals surface area contributed by atoms with Crippen molar-refractivity contribution in [1.82, 2.24) is 10.6 Å². The van der Waals surface area contributed by atoms with E-state index in [4.69, 9.17) is 0 Å². The third-order valence-corrected chi connectivity index (χ3v) is 2.94. The van der Waals surface area contributed by atoms with Crippen molar-refractivity contribution in [3.05, 3.63) is 35.9 Å². The number of carboxylic acid groups (broad SMARTS) is 1. The summed E-state index contributed by atoms with van der Waals surface area (Å²) in [7, 11) is 1.77. The largest absolute Gasteiger partial charge is 0.481 e. The van der Waals surface area contributed by atoms with E-state index in [2.05, 4.69) is 10.6 Å². The number of aliphatic carboxylic acids is 1. The number of carbonyl (C=O) groups is 2. The summed E-state index contributed by atoms with van der Waals surface area (Å²) in [4.78, 5) is 23.0. The monoisotopic (exact) mass is 264 g/mol. The number of hydrogen-bond donors (Lipinski definition) is 3. The molecule has 0 saturated heterocycles. The molecule has 0 saturated carbocycles. The lowest BCUT2D eigenvalue weighted by atomic mass is 9.99. The van der Waals surface area contributed by atoms with Crippen LogP contribution in [-0.2, 0) is 9.59 Å². The molecule has 19 heavy (non-hydrogen) atoms. The second kappa shape index (κ2) is 7.53. The second-order valence-corrected chi connectivity index (χ2v) is 4.51. The van der Waals surface area contributed by atoms with Crippen molar-refractivity contribution in [3.8, 4) is 0 Å². The molecule has 0 heterocycles. The average Bonchev–Trinajstić information content (AvgIpc) is 2.39. The minimum atomic E-state index is -0.937. The van der Waals surface area contributed by atoms with Crippen LogP contribution in [0.5, 0.6) is 0 Å². The molecule has 0 aliphatic carbocycles. The zero-order chi connectivity index (χ0) is 14.3. The SMILES string of the molecule is CNCC(C)C(=O)NCC(C(=O)O)c1ccccc1. The number of rotatable bonds is 7. The molecule has 2 atom stereocenters. The smallest absolute Gasteiger partial charge is 0.312 e. The molecule has 104 valence electrons. The number of amides is 1. The Morgan fingerprint density at radius 1 is 1.21 bits per heavy atom. The van der Waals surface area contributed by atoms with Crippen LogP contribution in [0.15, 0.2) is 30.3 Å². The van der Waals surface area contributed by atoms with Crippen LogP contribution >= 0.6 is 0 Å². The van der Waals surface area contributed by atoms with Gasteiger partial charge in [-0.1, -0.05) is 37.3 Å². The Morgan fingerprint density at radius 3 is 2.37 bits per heavy atom. The lowest BCUT2D eigenvalue weighted by Gasteiger charge is -2.16. The van der Waals surface area contributed by atoms with Gasteiger partial charge in [0.1, 0.15) is 0 Å². The summed E-state index contributed by atoms with van der Waals surface area (Å²) in [5, 5.41) is 14.8. The summed E-state index contributed by atoms with van der Waals surface area (Å²) in [5.41, 5.74) is 0.691. The van der Waals surface area contributed by atoms with Crippen LogP contribution in [0.3, 0.4) is 0 Å². The molecule has 0 spiro atoms. The minimum absolute atomic E-state index is 0.103. The van der Waals surface area contributed by atoms with Crippen LogP contribution in [0.2, 0.25) is 0 Å². The Hall–Kier alpha value is -1.88. The Bertz CT molecular complexity index is 420. The highest BCUT2D eigenvalue weighted by atomic mass is 16.4. The summed E-state index contributed by atoms with van der Waals surface area (Å²) < 4.78 is 0. The van der Waals surface area contributed by atoms with Gasteiger partial charge in [0.15, 0.2) is 0 Å². The highest BCUT2D eigenvalue weighted by Crippen LogP contribution is 2.14. The van der Waals surface area contributed by atoms with Crippen molar-refractivity contribution in [2.75, 3.05) is 20.1 Å². The minimum Gasteiger partial charge on any atom is -0.481 e. The fourth-order valence-electron chi connectivity index (χ4n) is 1.81. The maximum absolute atomic E-state index is 11.7. The first-order valence-electron chi connectivity index (χ1n) is 6.26. The molecule has 1 amide bonds. The first-order valence-corrected chi connectivity index (χ1v) is 6.26. The zero-order valence-electron chi connectivity index (χ0n) is 11.2. The van der Waals surface area contributed by atoms with Gasteiger partial charge >= 0.3 is 5.97 Å². The van der Waals surface area contributed by atoms with Crippen molar-refractivity contribution in [2.45, 2.75) is 12.8 Å². The van der Waals surface area contributed by atoms with Gasteiger partial charge in [-0.25, -0.2) is 0 Å². The van der Waals surface area contributed by atoms with E-state index >= 15 is 0 Å². The summed E-state index contributed by atoms with van der Waals surface area (Å²) in [6.07, 6.45) is 0. The van der Waals surface area contributed by atoms with Gasteiger partial charge in [-0.3, -0.25) is 9.59 Å². The highest BCUT2D eigenvalue weighted by molar-refractivity contribution is 5.81. The van der Waals surface area contributed by atoms with Crippen molar-refractivity contribution in [3.63, 3.8) is 0 Å². The predicted molar refractivity (Wildman–Crippen MR) is 72.9 cm³/mol. The molecule has 3 N–H and O–H groups in total. The van der Waals surface area contributed by atoms with Gasteiger partial charge in [-0.2, -0.15) is 0 Å². The van der Waals surface area contributed by atoms with Crippen molar-refractivity contribution in [1.29, 1.82) is 0 Å². The molecule has 0 aliphatic rings. The molecular weight excluding hydrogens is 244 g/mol. The van der Waals surface area contributed by atoms with E-state index in [9.17, 15) is 14.7 Å². The lowest BCUT2D eigenvalue weighted by Crippen LogP contribution is -2.38. The molecule has 2 unspecified atom stereocenters. The van der Waals surface area contributed by atoms with Crippen molar-refractivity contribution < 1.29 is 14.7 Å². The Morgan fingerprint density at radius 2 is 1.84 bits per heavy atom. The molecule has 0 aromatic heterocycles. The number of benzene rings is 1. The van der Waals surface area contributed by atoms with Gasteiger partial charge in [0.2, 0.25) is 5.91 Å². The standard InChI is InChI=1S/C14H20N2O3/c1-10(8-15-2)13(17)16-9-12(14(18)19)11-6-4-3-5-7-11/h3-7,10,12,15H,8-9H2,1-2H3,(H,16,17)(H,18,19). The van der Waals surface area contributed by atoms with E-state index in [1.54, 1.807) is 38.2 Å². The quantitative estimate of drug-likeness (QED) is 0.681. The van der Waals surface area contributed by atoms with Gasteiger partial charge in [-0.15, -0.1) is 0 Å². The first-order chi connectivity index (χ1) is 9.06. The maximum Gasteiger partial charge on any atom is 0.312 e. The highest BCUT2D eigenvalue weighted by Gasteiger charge is 2.21. The Labute approximate surface area is 113 Å². The van der Waals surface area contributed by atoms with E-state index in [1.165, 1.54) is 0 Å². The zero-order valence-corrected chi connectivity index (χ0v) is 11.2. The Balaban J connectivity index is 2.61. The third kappa shape index (κ3) is 4.71. The fourth-order valence-corrected chi connectivity index (χ4v) is 1.81. The summed E-state index contributed by atoms with van der Waals surface area (Å²) in [6, 6.07) is 8.91. The first kappa shape index (κ1) is 15.2. The van der Waals surface area contributed by atoms with E-state index in [1.807, 2.05) is 6.07 Å². The molecule has 1 aromatic rings. The predicted octanol–water partition coefficient (Wildman–Crippen LogP) is 0.827. The fraction of sp³-hybridized carbons (Fsp3) is 0.429. The normalized spacial score (nSPS) is 13.6. The summed E-state index contributed by atoms with van der Waals surface area (Å²) >= 11 is 0. The third-order valence-electron chi connectivity index (χ3n) is 2.94. The summed E-state index contributed by atoms with van der Waals surface area (Å²) in [5.74, 6) is -1.98. The van der Waals surface area contributed by atoms with Crippen molar-refractivity contribution >= 4 is 11.9 Å². The molecule has 0 bridgehead atoms. The lowest BCUT2D eigenvalue weighted by molar-refractivity contribution is -0.138. The van der Waals surface area contributed by atoms with E-state index in [0.717, 1.165) is 0 Å². The molecule has 1 aromatic carbocycles. The summed E-state index contributed by atoms with van der Waals surface area (Å²) in [6.45, 7) is 2.46. The molecule has 0 aliphatic heterocycles. The molecule has 0 radical (unpaired) electrons. The van der Waals surface area contributed by atoms with Crippen molar-refractivity contribution in [2.24, 2.45) is 5.92 Å².